The van der Waals surface area contributed by atoms with E-state index in [1.807, 2.05) is 17.9 Å². The molecule has 0 spiro atoms. The number of benzene rings is 1. The number of aromatic nitrogens is 5. The van der Waals surface area contributed by atoms with Crippen LogP contribution in [0.2, 0.25) is 0 Å². The van der Waals surface area contributed by atoms with Gasteiger partial charge >= 0.3 is 0 Å². The van der Waals surface area contributed by atoms with Crippen molar-refractivity contribution in [1.82, 2.24) is 29.9 Å². The molecule has 0 bridgehead atoms. The van der Waals surface area contributed by atoms with Crippen LogP contribution in [0.3, 0.4) is 0 Å². The molecule has 9 nitrogen and oxygen atoms in total. The minimum Gasteiger partial charge on any atom is -0.353 e. The van der Waals surface area contributed by atoms with Crippen molar-refractivity contribution >= 4 is 34.2 Å². The van der Waals surface area contributed by atoms with E-state index in [0.29, 0.717) is 41.6 Å². The van der Waals surface area contributed by atoms with Crippen LogP contribution in [0, 0.1) is 12.7 Å². The molecule has 0 radical (unpaired) electrons. The van der Waals surface area contributed by atoms with E-state index in [2.05, 4.69) is 25.7 Å². The summed E-state index contributed by atoms with van der Waals surface area (Å²) >= 11 is 0. The first-order chi connectivity index (χ1) is 15.0. The fourth-order valence-electron chi connectivity index (χ4n) is 3.88. The first-order valence-electron chi connectivity index (χ1n) is 10.0. The number of nitrogens with zero attached hydrogens (tertiary/aromatic N) is 6. The number of aryl methyl sites for hydroxylation is 1. The molecule has 10 heteroatoms. The first kappa shape index (κ1) is 19.2. The number of carbonyl (C=O) groups is 1. The van der Waals surface area contributed by atoms with Gasteiger partial charge in [-0.1, -0.05) is 0 Å². The molecule has 4 aromatic rings. The number of piperazine rings is 1. The molecular weight excluding hydrogens is 399 g/mol. The molecule has 1 atom stereocenters. The molecule has 1 fully saturated rings. The molecular formula is C21H21FN8O. The Kier molecular flexibility index (Phi) is 4.61. The molecule has 1 amide bonds. The molecule has 1 aliphatic heterocycles. The Morgan fingerprint density at radius 1 is 1.26 bits per heavy atom. The van der Waals surface area contributed by atoms with Crippen molar-refractivity contribution in [3.8, 4) is 0 Å². The standard InChI is InChI=1S/C21H21FN8O/c1-12-16(22)4-3-14-9-15(20(28-19(12)14)29-8-7-23-18(31)10-29)13(2)27-21-25-11-24-17-5-6-26-30(17)21/h3-6,9,11,13H,7-8,10H2,1-2H3,(H,23,31)(H,24,25,27)/t13-/m0/s1. The fourth-order valence-corrected chi connectivity index (χ4v) is 3.88. The molecule has 2 N–H and O–H groups in total. The molecule has 0 saturated carbocycles. The minimum atomic E-state index is -0.302. The van der Waals surface area contributed by atoms with Crippen LogP contribution in [0.1, 0.15) is 24.1 Å². The average Bonchev–Trinajstić information content (AvgIpc) is 3.26. The molecule has 0 aliphatic carbocycles. The molecule has 1 saturated heterocycles. The highest BCUT2D eigenvalue weighted by Gasteiger charge is 2.24. The second kappa shape index (κ2) is 7.46. The van der Waals surface area contributed by atoms with Crippen molar-refractivity contribution in [1.29, 1.82) is 0 Å². The number of anilines is 2. The molecule has 3 aromatic heterocycles. The zero-order valence-corrected chi connectivity index (χ0v) is 17.1. The maximum absolute atomic E-state index is 14.2. The Morgan fingerprint density at radius 2 is 2.13 bits per heavy atom. The van der Waals surface area contributed by atoms with E-state index < -0.39 is 0 Å². The summed E-state index contributed by atoms with van der Waals surface area (Å²) in [6.45, 7) is 5.05. The number of carbonyl (C=O) groups excluding carboxylic acids is 1. The van der Waals surface area contributed by atoms with Crippen molar-refractivity contribution in [3.05, 3.63) is 53.7 Å². The van der Waals surface area contributed by atoms with Crippen LogP contribution in [0.15, 0.2) is 36.8 Å². The van der Waals surface area contributed by atoms with E-state index in [1.54, 1.807) is 29.8 Å². The van der Waals surface area contributed by atoms with Crippen molar-refractivity contribution < 1.29 is 9.18 Å². The third-order valence-electron chi connectivity index (χ3n) is 5.53. The number of rotatable bonds is 4. The van der Waals surface area contributed by atoms with Gasteiger partial charge in [-0.15, -0.1) is 0 Å². The maximum Gasteiger partial charge on any atom is 0.239 e. The average molecular weight is 420 g/mol. The number of halogens is 1. The van der Waals surface area contributed by atoms with Gasteiger partial charge in [-0.3, -0.25) is 4.79 Å². The van der Waals surface area contributed by atoms with Gasteiger partial charge in [0.05, 0.1) is 24.3 Å². The first-order valence-corrected chi connectivity index (χ1v) is 10.0. The number of amides is 1. The van der Waals surface area contributed by atoms with E-state index in [0.717, 1.165) is 10.9 Å². The van der Waals surface area contributed by atoms with Gasteiger partial charge in [0.2, 0.25) is 11.9 Å². The van der Waals surface area contributed by atoms with E-state index >= 15 is 0 Å². The summed E-state index contributed by atoms with van der Waals surface area (Å²) in [5.74, 6) is 0.829. The van der Waals surface area contributed by atoms with Crippen LogP contribution in [0.4, 0.5) is 16.2 Å². The van der Waals surface area contributed by atoms with Gasteiger partial charge in [-0.2, -0.15) is 9.61 Å². The Bertz CT molecular complexity index is 1300. The minimum absolute atomic E-state index is 0.0651. The highest BCUT2D eigenvalue weighted by atomic mass is 19.1. The lowest BCUT2D eigenvalue weighted by molar-refractivity contribution is -0.120. The van der Waals surface area contributed by atoms with Crippen LogP contribution in [-0.4, -0.2) is 50.1 Å². The van der Waals surface area contributed by atoms with Crippen LogP contribution >= 0.6 is 0 Å². The second-order valence-corrected chi connectivity index (χ2v) is 7.58. The van der Waals surface area contributed by atoms with Gasteiger partial charge in [-0.25, -0.2) is 19.3 Å². The SMILES string of the molecule is Cc1c(F)ccc2cc([C@H](C)Nc3ncnc4ccnn34)c(N3CCNC(=O)C3)nc12. The molecule has 4 heterocycles. The summed E-state index contributed by atoms with van der Waals surface area (Å²) in [5.41, 5.74) is 2.64. The van der Waals surface area contributed by atoms with Crippen molar-refractivity contribution in [2.45, 2.75) is 19.9 Å². The highest BCUT2D eigenvalue weighted by molar-refractivity contribution is 5.87. The van der Waals surface area contributed by atoms with E-state index in [1.165, 1.54) is 12.4 Å². The van der Waals surface area contributed by atoms with Gasteiger partial charge in [0.1, 0.15) is 18.0 Å². The Balaban J connectivity index is 1.61. The summed E-state index contributed by atoms with van der Waals surface area (Å²) in [6, 6.07) is 6.75. The lowest BCUT2D eigenvalue weighted by Gasteiger charge is -2.31. The topological polar surface area (TPSA) is 100 Å². The summed E-state index contributed by atoms with van der Waals surface area (Å²) in [4.78, 5) is 27.3. The van der Waals surface area contributed by atoms with Gasteiger partial charge in [-0.05, 0) is 32.0 Å². The third-order valence-corrected chi connectivity index (χ3v) is 5.53. The normalized spacial score (nSPS) is 15.3. The summed E-state index contributed by atoms with van der Waals surface area (Å²) in [7, 11) is 0. The van der Waals surface area contributed by atoms with E-state index in [-0.39, 0.29) is 24.3 Å². The monoisotopic (exact) mass is 420 g/mol. The lowest BCUT2D eigenvalue weighted by Crippen LogP contribution is -2.48. The molecule has 1 aliphatic rings. The molecule has 31 heavy (non-hydrogen) atoms. The predicted octanol–water partition coefficient (Wildman–Crippen LogP) is 2.23. The number of fused-ring (bicyclic) bond motifs is 2. The van der Waals surface area contributed by atoms with Gasteiger partial charge < -0.3 is 15.5 Å². The van der Waals surface area contributed by atoms with E-state index in [4.69, 9.17) is 4.98 Å². The quantitative estimate of drug-likeness (QED) is 0.522. The smallest absolute Gasteiger partial charge is 0.239 e. The van der Waals surface area contributed by atoms with Gasteiger partial charge in [0.25, 0.3) is 0 Å². The Morgan fingerprint density at radius 3 is 2.97 bits per heavy atom. The summed E-state index contributed by atoms with van der Waals surface area (Å²) in [6.07, 6.45) is 3.14. The highest BCUT2D eigenvalue weighted by Crippen LogP contribution is 2.32. The Hall–Kier alpha value is -3.82. The maximum atomic E-state index is 14.2. The van der Waals surface area contributed by atoms with Crippen LogP contribution < -0.4 is 15.5 Å². The van der Waals surface area contributed by atoms with Gasteiger partial charge in [0.15, 0.2) is 5.65 Å². The molecule has 5 rings (SSSR count). The summed E-state index contributed by atoms with van der Waals surface area (Å²) < 4.78 is 15.8. The van der Waals surface area contributed by atoms with E-state index in [9.17, 15) is 9.18 Å². The Labute approximate surface area is 177 Å². The largest absolute Gasteiger partial charge is 0.353 e. The number of nitrogens with one attached hydrogen (secondary N) is 2. The number of pyridine rings is 1. The predicted molar refractivity (Wildman–Crippen MR) is 114 cm³/mol. The van der Waals surface area contributed by atoms with Crippen molar-refractivity contribution in [3.63, 3.8) is 0 Å². The van der Waals surface area contributed by atoms with Crippen molar-refractivity contribution in [2.24, 2.45) is 0 Å². The summed E-state index contributed by atoms with van der Waals surface area (Å²) in [5, 5.41) is 11.3. The van der Waals surface area contributed by atoms with Crippen LogP contribution in [0.5, 0.6) is 0 Å². The fraction of sp³-hybridized carbons (Fsp3) is 0.286. The molecule has 0 unspecified atom stereocenters. The van der Waals surface area contributed by atoms with Gasteiger partial charge in [0, 0.05) is 35.7 Å². The lowest BCUT2D eigenvalue weighted by atomic mass is 10.0. The molecule has 158 valence electrons. The van der Waals surface area contributed by atoms with Crippen LogP contribution in [-0.2, 0) is 4.79 Å². The third kappa shape index (κ3) is 3.39. The number of hydrogen-bond acceptors (Lipinski definition) is 7. The molecule has 1 aromatic carbocycles. The van der Waals surface area contributed by atoms with Crippen LogP contribution in [0.25, 0.3) is 16.6 Å². The zero-order chi connectivity index (χ0) is 21.5. The zero-order valence-electron chi connectivity index (χ0n) is 17.1. The second-order valence-electron chi connectivity index (χ2n) is 7.58. The van der Waals surface area contributed by atoms with Crippen molar-refractivity contribution in [2.75, 3.05) is 29.9 Å². The number of hydrogen-bond donors (Lipinski definition) is 2.